The second-order valence-electron chi connectivity index (χ2n) is 4.21. The molecule has 0 aromatic heterocycles. The van der Waals surface area contributed by atoms with E-state index in [2.05, 4.69) is 15.5 Å². The molecule has 0 aliphatic carbocycles. The molecular formula is C11H23N3O2. The van der Waals surface area contributed by atoms with Crippen LogP contribution in [-0.2, 0) is 4.74 Å². The van der Waals surface area contributed by atoms with E-state index in [0.29, 0.717) is 0 Å². The number of carbonyl (C=O) groups is 1. The molecule has 0 spiro atoms. The van der Waals surface area contributed by atoms with E-state index >= 15 is 0 Å². The van der Waals surface area contributed by atoms with Gasteiger partial charge in [0, 0.05) is 32.2 Å². The Bertz CT molecular complexity index is 205. The maximum atomic E-state index is 11.4. The highest BCUT2D eigenvalue weighted by molar-refractivity contribution is 5.74. The molecule has 5 nitrogen and oxygen atoms in total. The molecule has 16 heavy (non-hydrogen) atoms. The molecule has 1 saturated heterocycles. The summed E-state index contributed by atoms with van der Waals surface area (Å²) in [5.41, 5.74) is 0. The third-order valence-corrected chi connectivity index (χ3v) is 2.55. The zero-order valence-electron chi connectivity index (χ0n) is 10.3. The lowest BCUT2D eigenvalue weighted by atomic mass is 10.3. The molecule has 2 amide bonds. The molecular weight excluding hydrogens is 206 g/mol. The highest BCUT2D eigenvalue weighted by atomic mass is 16.5. The van der Waals surface area contributed by atoms with Crippen molar-refractivity contribution in [3.8, 4) is 0 Å². The molecule has 1 atom stereocenters. The summed E-state index contributed by atoms with van der Waals surface area (Å²) in [5, 5.41) is 5.74. The van der Waals surface area contributed by atoms with Crippen LogP contribution in [0, 0.1) is 0 Å². The standard InChI is InChI=1S/C11H23N3O2/c1-3-4-12-11(15)13-10(2)9-14-5-7-16-8-6-14/h10H,3-9H2,1-2H3,(H2,12,13,15). The van der Waals surface area contributed by atoms with Gasteiger partial charge in [-0.3, -0.25) is 4.90 Å². The Morgan fingerprint density at radius 1 is 1.44 bits per heavy atom. The summed E-state index contributed by atoms with van der Waals surface area (Å²) < 4.78 is 5.27. The second-order valence-corrected chi connectivity index (χ2v) is 4.21. The van der Waals surface area contributed by atoms with Crippen molar-refractivity contribution >= 4 is 6.03 Å². The smallest absolute Gasteiger partial charge is 0.315 e. The van der Waals surface area contributed by atoms with Crippen LogP contribution in [0.4, 0.5) is 4.79 Å². The Labute approximate surface area is 97.5 Å². The van der Waals surface area contributed by atoms with Crippen molar-refractivity contribution in [2.24, 2.45) is 0 Å². The first-order valence-corrected chi connectivity index (χ1v) is 6.07. The van der Waals surface area contributed by atoms with Gasteiger partial charge in [-0.1, -0.05) is 6.92 Å². The fraction of sp³-hybridized carbons (Fsp3) is 0.909. The second kappa shape index (κ2) is 7.46. The maximum Gasteiger partial charge on any atom is 0.315 e. The number of rotatable bonds is 5. The third-order valence-electron chi connectivity index (χ3n) is 2.55. The van der Waals surface area contributed by atoms with Crippen LogP contribution >= 0.6 is 0 Å². The zero-order chi connectivity index (χ0) is 11.8. The Morgan fingerprint density at radius 2 is 2.12 bits per heavy atom. The summed E-state index contributed by atoms with van der Waals surface area (Å²) >= 11 is 0. The van der Waals surface area contributed by atoms with Crippen molar-refractivity contribution in [1.29, 1.82) is 0 Å². The molecule has 94 valence electrons. The summed E-state index contributed by atoms with van der Waals surface area (Å²) in [6.45, 7) is 9.21. The minimum Gasteiger partial charge on any atom is -0.379 e. The molecule has 1 aliphatic rings. The zero-order valence-corrected chi connectivity index (χ0v) is 10.3. The Morgan fingerprint density at radius 3 is 2.75 bits per heavy atom. The van der Waals surface area contributed by atoms with Crippen molar-refractivity contribution in [2.45, 2.75) is 26.3 Å². The molecule has 0 saturated carbocycles. The van der Waals surface area contributed by atoms with Gasteiger partial charge in [-0.2, -0.15) is 0 Å². The van der Waals surface area contributed by atoms with E-state index in [-0.39, 0.29) is 12.1 Å². The summed E-state index contributed by atoms with van der Waals surface area (Å²) in [5.74, 6) is 0. The normalized spacial score (nSPS) is 19.1. The van der Waals surface area contributed by atoms with Gasteiger partial charge in [-0.25, -0.2) is 4.79 Å². The van der Waals surface area contributed by atoms with Gasteiger partial charge >= 0.3 is 6.03 Å². The number of urea groups is 1. The molecule has 1 rings (SSSR count). The molecule has 1 aliphatic heterocycles. The van der Waals surface area contributed by atoms with Crippen molar-refractivity contribution in [3.05, 3.63) is 0 Å². The number of nitrogens with one attached hydrogen (secondary N) is 2. The summed E-state index contributed by atoms with van der Waals surface area (Å²) in [4.78, 5) is 13.7. The van der Waals surface area contributed by atoms with Gasteiger partial charge in [0.05, 0.1) is 13.2 Å². The number of hydrogen-bond donors (Lipinski definition) is 2. The van der Waals surface area contributed by atoms with Crippen LogP contribution in [0.25, 0.3) is 0 Å². The molecule has 1 fully saturated rings. The van der Waals surface area contributed by atoms with E-state index in [1.54, 1.807) is 0 Å². The average molecular weight is 229 g/mol. The highest BCUT2D eigenvalue weighted by Gasteiger charge is 2.14. The number of ether oxygens (including phenoxy) is 1. The van der Waals surface area contributed by atoms with Crippen LogP contribution < -0.4 is 10.6 Å². The number of nitrogens with zero attached hydrogens (tertiary/aromatic N) is 1. The van der Waals surface area contributed by atoms with Gasteiger partial charge in [-0.05, 0) is 13.3 Å². The fourth-order valence-electron chi connectivity index (χ4n) is 1.73. The predicted octanol–water partition coefficient (Wildman–Crippen LogP) is 0.416. The summed E-state index contributed by atoms with van der Waals surface area (Å²) in [6.07, 6.45) is 0.964. The van der Waals surface area contributed by atoms with Crippen LogP contribution in [-0.4, -0.2) is 56.4 Å². The molecule has 1 heterocycles. The van der Waals surface area contributed by atoms with Crippen LogP contribution in [0.5, 0.6) is 0 Å². The molecule has 1 unspecified atom stereocenters. The first-order valence-electron chi connectivity index (χ1n) is 6.07. The lowest BCUT2D eigenvalue weighted by molar-refractivity contribution is 0.0349. The lowest BCUT2D eigenvalue weighted by Crippen LogP contribution is -2.48. The summed E-state index contributed by atoms with van der Waals surface area (Å²) in [6, 6.07) is 0.109. The topological polar surface area (TPSA) is 53.6 Å². The van der Waals surface area contributed by atoms with Crippen LogP contribution in [0.15, 0.2) is 0 Å². The minimum absolute atomic E-state index is 0.0670. The molecule has 0 radical (unpaired) electrons. The van der Waals surface area contributed by atoms with Gasteiger partial charge in [0.25, 0.3) is 0 Å². The molecule has 0 aromatic rings. The Kier molecular flexibility index (Phi) is 6.18. The molecule has 2 N–H and O–H groups in total. The van der Waals surface area contributed by atoms with E-state index in [4.69, 9.17) is 4.74 Å². The number of carbonyl (C=O) groups excluding carboxylic acids is 1. The van der Waals surface area contributed by atoms with Gasteiger partial charge in [0.1, 0.15) is 0 Å². The maximum absolute atomic E-state index is 11.4. The van der Waals surface area contributed by atoms with Crippen molar-refractivity contribution in [1.82, 2.24) is 15.5 Å². The lowest BCUT2D eigenvalue weighted by Gasteiger charge is -2.29. The van der Waals surface area contributed by atoms with E-state index in [1.165, 1.54) is 0 Å². The first-order chi connectivity index (χ1) is 7.72. The van der Waals surface area contributed by atoms with Crippen LogP contribution in [0.2, 0.25) is 0 Å². The Hall–Kier alpha value is -0.810. The van der Waals surface area contributed by atoms with Crippen LogP contribution in [0.1, 0.15) is 20.3 Å². The van der Waals surface area contributed by atoms with Crippen molar-refractivity contribution in [3.63, 3.8) is 0 Å². The van der Waals surface area contributed by atoms with Crippen molar-refractivity contribution in [2.75, 3.05) is 39.4 Å². The van der Waals surface area contributed by atoms with Gasteiger partial charge in [0.15, 0.2) is 0 Å². The largest absolute Gasteiger partial charge is 0.379 e. The summed E-state index contributed by atoms with van der Waals surface area (Å²) in [7, 11) is 0. The fourth-order valence-corrected chi connectivity index (χ4v) is 1.73. The first kappa shape index (κ1) is 13.3. The van der Waals surface area contributed by atoms with E-state index < -0.39 is 0 Å². The van der Waals surface area contributed by atoms with Gasteiger partial charge in [-0.15, -0.1) is 0 Å². The van der Waals surface area contributed by atoms with Gasteiger partial charge in [0.2, 0.25) is 0 Å². The quantitative estimate of drug-likeness (QED) is 0.718. The number of morpholine rings is 1. The molecule has 0 bridgehead atoms. The van der Waals surface area contributed by atoms with Crippen LogP contribution in [0.3, 0.4) is 0 Å². The van der Waals surface area contributed by atoms with E-state index in [9.17, 15) is 4.79 Å². The number of amides is 2. The highest BCUT2D eigenvalue weighted by Crippen LogP contribution is 1.98. The molecule has 5 heteroatoms. The SMILES string of the molecule is CCCNC(=O)NC(C)CN1CCOCC1. The number of hydrogen-bond acceptors (Lipinski definition) is 3. The predicted molar refractivity (Wildman–Crippen MR) is 63.5 cm³/mol. The monoisotopic (exact) mass is 229 g/mol. The average Bonchev–Trinajstić information content (AvgIpc) is 2.27. The minimum atomic E-state index is -0.0670. The third kappa shape index (κ3) is 5.32. The van der Waals surface area contributed by atoms with Crippen molar-refractivity contribution < 1.29 is 9.53 Å². The Balaban J connectivity index is 2.13. The van der Waals surface area contributed by atoms with E-state index in [1.807, 2.05) is 13.8 Å². The van der Waals surface area contributed by atoms with Gasteiger partial charge < -0.3 is 15.4 Å². The molecule has 0 aromatic carbocycles. The van der Waals surface area contributed by atoms with E-state index in [0.717, 1.165) is 45.8 Å².